The number of likely N-dealkylation sites (tertiary alicyclic amines) is 1. The van der Waals surface area contributed by atoms with Crippen LogP contribution < -0.4 is 5.32 Å². The molecule has 3 amide bonds. The lowest BCUT2D eigenvalue weighted by Gasteiger charge is -2.23. The van der Waals surface area contributed by atoms with Crippen molar-refractivity contribution in [3.05, 3.63) is 35.9 Å². The van der Waals surface area contributed by atoms with Gasteiger partial charge in [-0.25, -0.2) is 0 Å². The molecule has 1 aromatic rings. The van der Waals surface area contributed by atoms with Crippen molar-refractivity contribution in [2.75, 3.05) is 14.1 Å². The van der Waals surface area contributed by atoms with Gasteiger partial charge in [-0.3, -0.25) is 33.3 Å². The van der Waals surface area contributed by atoms with Gasteiger partial charge in [-0.15, -0.1) is 0 Å². The van der Waals surface area contributed by atoms with Gasteiger partial charge in [-0.05, 0) is 26.6 Å². The average molecular weight is 401 g/mol. The second kappa shape index (κ2) is 9.55. The number of carbonyl (C=O) groups excluding carboxylic acids is 3. The van der Waals surface area contributed by atoms with E-state index in [4.69, 9.17) is 17.5 Å². The lowest BCUT2D eigenvalue weighted by atomic mass is 10.2. The molecule has 1 heterocycles. The highest BCUT2D eigenvalue weighted by atomic mass is 32.3. The maximum absolute atomic E-state index is 12.3. The Balaban J connectivity index is 0.000000646. The van der Waals surface area contributed by atoms with E-state index in [9.17, 15) is 14.4 Å². The highest BCUT2D eigenvalue weighted by Crippen LogP contribution is 2.19. The molecule has 1 saturated heterocycles. The molecule has 1 aromatic carbocycles. The highest BCUT2D eigenvalue weighted by Gasteiger charge is 2.43. The first kappa shape index (κ1) is 22.7. The zero-order valence-corrected chi connectivity index (χ0v) is 16.0. The van der Waals surface area contributed by atoms with Crippen molar-refractivity contribution >= 4 is 28.1 Å². The molecule has 1 aliphatic heterocycles. The molecule has 3 N–H and O–H groups in total. The van der Waals surface area contributed by atoms with Gasteiger partial charge in [0.15, 0.2) is 0 Å². The van der Waals surface area contributed by atoms with Gasteiger partial charge in [-0.1, -0.05) is 30.3 Å². The monoisotopic (exact) mass is 401 g/mol. The van der Waals surface area contributed by atoms with E-state index < -0.39 is 22.5 Å². The predicted molar refractivity (Wildman–Crippen MR) is 95.9 cm³/mol. The van der Waals surface area contributed by atoms with Crippen molar-refractivity contribution in [1.82, 2.24) is 15.1 Å². The van der Waals surface area contributed by atoms with E-state index in [1.807, 2.05) is 30.3 Å². The molecule has 0 aromatic heterocycles. The number of hydrogen-bond donors (Lipinski definition) is 3. The lowest BCUT2D eigenvalue weighted by molar-refractivity contribution is -0.147. The Hall–Kier alpha value is -2.34. The van der Waals surface area contributed by atoms with E-state index in [-0.39, 0.29) is 24.1 Å². The van der Waals surface area contributed by atoms with Crippen LogP contribution in [0.3, 0.4) is 0 Å². The zero-order chi connectivity index (χ0) is 20.8. The van der Waals surface area contributed by atoms with E-state index in [0.29, 0.717) is 6.54 Å². The number of nitrogens with one attached hydrogen (secondary N) is 1. The van der Waals surface area contributed by atoms with Gasteiger partial charge >= 0.3 is 10.4 Å². The third-order valence-electron chi connectivity index (χ3n) is 3.86. The summed E-state index contributed by atoms with van der Waals surface area (Å²) in [6, 6.07) is 8.21. The Morgan fingerprint density at radius 1 is 1.26 bits per heavy atom. The predicted octanol–water partition coefficient (Wildman–Crippen LogP) is -0.272. The molecule has 150 valence electrons. The molecule has 10 nitrogen and oxygen atoms in total. The molecule has 1 fully saturated rings. The Bertz CT molecular complexity index is 772. The van der Waals surface area contributed by atoms with Crippen LogP contribution in [0.2, 0.25) is 0 Å². The number of likely N-dealkylation sites (N-methyl/N-ethyl adjacent to an activating group) is 1. The summed E-state index contributed by atoms with van der Waals surface area (Å²) in [5.74, 6) is -0.937. The minimum atomic E-state index is -4.67. The first-order chi connectivity index (χ1) is 12.4. The Morgan fingerprint density at radius 2 is 1.78 bits per heavy atom. The Labute approximate surface area is 157 Å². The average Bonchev–Trinajstić information content (AvgIpc) is 2.86. The van der Waals surface area contributed by atoms with E-state index in [0.717, 1.165) is 10.5 Å². The molecule has 0 bridgehead atoms. The number of benzene rings is 1. The van der Waals surface area contributed by atoms with E-state index in [1.165, 1.54) is 0 Å². The number of carbonyl (C=O) groups is 3. The quantitative estimate of drug-likeness (QED) is 0.452. The molecule has 0 saturated carbocycles. The first-order valence-electron chi connectivity index (χ1n) is 7.95. The number of imide groups is 1. The molecule has 27 heavy (non-hydrogen) atoms. The number of amides is 3. The van der Waals surface area contributed by atoms with Crippen molar-refractivity contribution in [2.24, 2.45) is 0 Å². The van der Waals surface area contributed by atoms with Gasteiger partial charge in [0, 0.05) is 6.54 Å². The van der Waals surface area contributed by atoms with Gasteiger partial charge in [0.1, 0.15) is 6.04 Å². The summed E-state index contributed by atoms with van der Waals surface area (Å²) in [5, 5.41) is 2.76. The van der Waals surface area contributed by atoms with Crippen molar-refractivity contribution in [3.8, 4) is 0 Å². The summed E-state index contributed by atoms with van der Waals surface area (Å²) in [4.78, 5) is 39.3. The van der Waals surface area contributed by atoms with Crippen LogP contribution in [-0.4, -0.2) is 71.2 Å². The third kappa shape index (κ3) is 7.43. The van der Waals surface area contributed by atoms with Crippen LogP contribution in [-0.2, 0) is 31.3 Å². The molecule has 2 rings (SSSR count). The van der Waals surface area contributed by atoms with Crippen LogP contribution in [0.5, 0.6) is 0 Å². The molecule has 1 unspecified atom stereocenters. The second-order valence-electron chi connectivity index (χ2n) is 6.11. The van der Waals surface area contributed by atoms with Crippen molar-refractivity contribution < 1.29 is 31.9 Å². The molecule has 0 radical (unpaired) electrons. The van der Waals surface area contributed by atoms with Crippen LogP contribution in [0.4, 0.5) is 0 Å². The molecule has 0 spiro atoms. The Kier molecular flexibility index (Phi) is 8.03. The number of rotatable bonds is 5. The summed E-state index contributed by atoms with van der Waals surface area (Å²) in [6.45, 7) is 1.95. The van der Waals surface area contributed by atoms with Crippen LogP contribution in [0, 0.1) is 0 Å². The standard InChI is InChI=1S/C16H21N3O3.H2O4S/c1-11(15(21)17-10-12-7-5-4-6-8-12)19-14(20)9-13(16(19)22)18(2)3;1-5(2,3)4/h4-8,11,13H,9-10H2,1-3H3,(H,17,21);(H2,1,2,3,4)/t11-,13?;/m0./s1. The SMILES string of the molecule is C[C@@H](C(=O)NCc1ccccc1)N1C(=O)CC(N(C)C)C1=O.O=S(=O)(O)O. The van der Waals surface area contributed by atoms with E-state index in [2.05, 4.69) is 5.32 Å². The number of nitrogens with zero attached hydrogens (tertiary/aromatic N) is 2. The first-order valence-corrected chi connectivity index (χ1v) is 9.35. The van der Waals surface area contributed by atoms with Gasteiger partial charge in [0.05, 0.1) is 12.5 Å². The van der Waals surface area contributed by atoms with Crippen molar-refractivity contribution in [1.29, 1.82) is 0 Å². The summed E-state index contributed by atoms with van der Waals surface area (Å²) < 4.78 is 31.6. The van der Waals surface area contributed by atoms with Crippen molar-refractivity contribution in [3.63, 3.8) is 0 Å². The summed E-state index contributed by atoms with van der Waals surface area (Å²) in [5.41, 5.74) is 0.966. The number of hydrogen-bond acceptors (Lipinski definition) is 6. The molecule has 0 aliphatic carbocycles. The fourth-order valence-corrected chi connectivity index (χ4v) is 2.49. The van der Waals surface area contributed by atoms with Crippen LogP contribution >= 0.6 is 0 Å². The second-order valence-corrected chi connectivity index (χ2v) is 7.01. The molecule has 1 aliphatic rings. The maximum Gasteiger partial charge on any atom is 0.394 e. The minimum Gasteiger partial charge on any atom is -0.350 e. The highest BCUT2D eigenvalue weighted by molar-refractivity contribution is 7.79. The summed E-state index contributed by atoms with van der Waals surface area (Å²) in [6.07, 6.45) is 0.127. The normalized spacial score (nSPS) is 18.1. The van der Waals surface area contributed by atoms with Gasteiger partial charge in [-0.2, -0.15) is 8.42 Å². The van der Waals surface area contributed by atoms with Crippen LogP contribution in [0.1, 0.15) is 18.9 Å². The molecule has 2 atom stereocenters. The van der Waals surface area contributed by atoms with E-state index in [1.54, 1.807) is 25.9 Å². The third-order valence-corrected chi connectivity index (χ3v) is 3.86. The van der Waals surface area contributed by atoms with Gasteiger partial charge in [0.25, 0.3) is 0 Å². The topological polar surface area (TPSA) is 144 Å². The summed E-state index contributed by atoms with van der Waals surface area (Å²) in [7, 11) is -1.17. The van der Waals surface area contributed by atoms with Crippen LogP contribution in [0.15, 0.2) is 30.3 Å². The van der Waals surface area contributed by atoms with Gasteiger partial charge in [0.2, 0.25) is 17.7 Å². The fraction of sp³-hybridized carbons (Fsp3) is 0.438. The molecule has 11 heteroatoms. The minimum absolute atomic E-state index is 0.127. The zero-order valence-electron chi connectivity index (χ0n) is 15.2. The fourth-order valence-electron chi connectivity index (χ4n) is 2.49. The largest absolute Gasteiger partial charge is 0.394 e. The maximum atomic E-state index is 12.3. The summed E-state index contributed by atoms with van der Waals surface area (Å²) >= 11 is 0. The van der Waals surface area contributed by atoms with E-state index >= 15 is 0 Å². The Morgan fingerprint density at radius 3 is 2.22 bits per heavy atom. The molecular formula is C16H23N3O7S. The molecular weight excluding hydrogens is 378 g/mol. The lowest BCUT2D eigenvalue weighted by Crippen LogP contribution is -2.49. The van der Waals surface area contributed by atoms with Crippen LogP contribution in [0.25, 0.3) is 0 Å². The van der Waals surface area contributed by atoms with Gasteiger partial charge < -0.3 is 5.32 Å². The van der Waals surface area contributed by atoms with Crippen molar-refractivity contribution in [2.45, 2.75) is 32.0 Å². The smallest absolute Gasteiger partial charge is 0.350 e.